The second-order valence-electron chi connectivity index (χ2n) is 6.43. The molecule has 2 aliphatic heterocycles. The molecule has 0 radical (unpaired) electrons. The van der Waals surface area contributed by atoms with Crippen molar-refractivity contribution >= 4 is 23.2 Å². The molecule has 0 atom stereocenters. The molecule has 2 aromatic carbocycles. The number of hydrogen-bond acceptors (Lipinski definition) is 6. The lowest BCUT2D eigenvalue weighted by Crippen LogP contribution is -2.36. The van der Waals surface area contributed by atoms with Crippen molar-refractivity contribution in [2.75, 3.05) is 31.2 Å². The van der Waals surface area contributed by atoms with Gasteiger partial charge in [0.1, 0.15) is 5.69 Å². The van der Waals surface area contributed by atoms with Crippen LogP contribution < -0.4 is 4.90 Å². The Morgan fingerprint density at radius 2 is 1.63 bits per heavy atom. The fourth-order valence-electron chi connectivity index (χ4n) is 3.43. The molecule has 27 heavy (non-hydrogen) atoms. The third-order valence-corrected chi connectivity index (χ3v) is 4.80. The molecule has 0 N–H and O–H groups in total. The molecule has 138 valence electrons. The number of nitrogens with zero attached hydrogens (tertiary/aromatic N) is 3. The molecular weight excluding hydrogens is 350 g/mol. The largest absolute Gasteiger partial charge is 0.378 e. The van der Waals surface area contributed by atoms with E-state index >= 15 is 0 Å². The van der Waals surface area contributed by atoms with Gasteiger partial charge in [0.05, 0.1) is 35.8 Å². The maximum atomic E-state index is 12.8. The molecular formula is C19H17N3O5. The van der Waals surface area contributed by atoms with Gasteiger partial charge in [-0.15, -0.1) is 0 Å². The zero-order valence-corrected chi connectivity index (χ0v) is 14.5. The highest BCUT2D eigenvalue weighted by Gasteiger charge is 2.39. The average molecular weight is 367 g/mol. The predicted molar refractivity (Wildman–Crippen MR) is 96.8 cm³/mol. The molecule has 1 saturated heterocycles. The molecule has 2 heterocycles. The van der Waals surface area contributed by atoms with Crippen molar-refractivity contribution in [1.29, 1.82) is 0 Å². The third-order valence-electron chi connectivity index (χ3n) is 4.80. The van der Waals surface area contributed by atoms with Crippen LogP contribution in [-0.4, -0.2) is 47.9 Å². The molecule has 2 aromatic rings. The second kappa shape index (κ2) is 6.81. The monoisotopic (exact) mass is 367 g/mol. The van der Waals surface area contributed by atoms with Crippen molar-refractivity contribution in [2.45, 2.75) is 6.54 Å². The summed E-state index contributed by atoms with van der Waals surface area (Å²) in [5.74, 6) is -0.932. The van der Waals surface area contributed by atoms with Crippen molar-refractivity contribution in [1.82, 2.24) is 4.90 Å². The average Bonchev–Trinajstić information content (AvgIpc) is 2.93. The van der Waals surface area contributed by atoms with E-state index in [1.807, 2.05) is 35.2 Å². The minimum Gasteiger partial charge on any atom is -0.378 e. The number of benzene rings is 2. The Bertz CT molecular complexity index is 922. The van der Waals surface area contributed by atoms with Crippen LogP contribution in [0.3, 0.4) is 0 Å². The number of morpholine rings is 1. The van der Waals surface area contributed by atoms with Crippen LogP contribution >= 0.6 is 0 Å². The van der Waals surface area contributed by atoms with Crippen LogP contribution in [0.1, 0.15) is 26.3 Å². The lowest BCUT2D eigenvalue weighted by molar-refractivity contribution is -0.384. The van der Waals surface area contributed by atoms with Gasteiger partial charge < -0.3 is 9.64 Å². The molecule has 0 aliphatic carbocycles. The summed E-state index contributed by atoms with van der Waals surface area (Å²) >= 11 is 0. The number of nitro groups is 1. The van der Waals surface area contributed by atoms with Crippen molar-refractivity contribution in [3.05, 3.63) is 69.3 Å². The van der Waals surface area contributed by atoms with Crippen molar-refractivity contribution < 1.29 is 19.2 Å². The molecule has 0 aromatic heterocycles. The molecule has 8 heteroatoms. The Balaban J connectivity index is 1.72. The van der Waals surface area contributed by atoms with Gasteiger partial charge in [-0.1, -0.05) is 30.3 Å². The van der Waals surface area contributed by atoms with E-state index in [4.69, 9.17) is 4.74 Å². The number of amides is 2. The predicted octanol–water partition coefficient (Wildman–Crippen LogP) is 2.23. The SMILES string of the molecule is O=C1c2cc(N3CCOCC3)c([N+](=O)[O-])cc2C(=O)N1Cc1ccccc1. The Hall–Kier alpha value is -3.26. The van der Waals surface area contributed by atoms with E-state index in [2.05, 4.69) is 0 Å². The van der Waals surface area contributed by atoms with E-state index in [1.54, 1.807) is 0 Å². The first-order valence-corrected chi connectivity index (χ1v) is 8.61. The van der Waals surface area contributed by atoms with Gasteiger partial charge in [-0.25, -0.2) is 0 Å². The normalized spacial score (nSPS) is 16.6. The van der Waals surface area contributed by atoms with Gasteiger partial charge in [0.15, 0.2) is 0 Å². The van der Waals surface area contributed by atoms with Crippen LogP contribution in [0.25, 0.3) is 0 Å². The summed E-state index contributed by atoms with van der Waals surface area (Å²) in [7, 11) is 0. The first-order chi connectivity index (χ1) is 13.1. The number of carbonyl (C=O) groups excluding carboxylic acids is 2. The van der Waals surface area contributed by atoms with Gasteiger partial charge in [0.25, 0.3) is 17.5 Å². The number of ether oxygens (including phenoxy) is 1. The number of carbonyl (C=O) groups is 2. The molecule has 1 fully saturated rings. The van der Waals surface area contributed by atoms with Crippen LogP contribution in [0.15, 0.2) is 42.5 Å². The van der Waals surface area contributed by atoms with Crippen molar-refractivity contribution in [3.63, 3.8) is 0 Å². The molecule has 8 nitrogen and oxygen atoms in total. The lowest BCUT2D eigenvalue weighted by atomic mass is 10.1. The van der Waals surface area contributed by atoms with Gasteiger partial charge in [-0.05, 0) is 11.6 Å². The fraction of sp³-hybridized carbons (Fsp3) is 0.263. The highest BCUT2D eigenvalue weighted by molar-refractivity contribution is 6.22. The smallest absolute Gasteiger partial charge is 0.293 e. The summed E-state index contributed by atoms with van der Waals surface area (Å²) < 4.78 is 5.30. The maximum absolute atomic E-state index is 12.8. The first kappa shape index (κ1) is 17.2. The van der Waals surface area contributed by atoms with Crippen LogP contribution in [0.5, 0.6) is 0 Å². The summed E-state index contributed by atoms with van der Waals surface area (Å²) in [5, 5.41) is 11.6. The number of rotatable bonds is 4. The Kier molecular flexibility index (Phi) is 4.33. The highest BCUT2D eigenvalue weighted by atomic mass is 16.6. The molecule has 2 aliphatic rings. The standard InChI is InChI=1S/C19H17N3O5/c23-18-14-10-16(20-6-8-27-9-7-20)17(22(25)26)11-15(14)19(24)21(18)12-13-4-2-1-3-5-13/h1-5,10-11H,6-9,12H2. The Morgan fingerprint density at radius 3 is 2.26 bits per heavy atom. The van der Waals surface area contributed by atoms with Gasteiger partial charge >= 0.3 is 0 Å². The topological polar surface area (TPSA) is 93.0 Å². The number of anilines is 1. The zero-order valence-electron chi connectivity index (χ0n) is 14.5. The Morgan fingerprint density at radius 1 is 1.00 bits per heavy atom. The summed E-state index contributed by atoms with van der Waals surface area (Å²) in [6.45, 7) is 2.04. The third kappa shape index (κ3) is 3.04. The number of imide groups is 1. The Labute approximate surface area is 155 Å². The fourth-order valence-corrected chi connectivity index (χ4v) is 3.43. The van der Waals surface area contributed by atoms with Crippen LogP contribution in [0, 0.1) is 10.1 Å². The molecule has 0 bridgehead atoms. The summed E-state index contributed by atoms with van der Waals surface area (Å²) in [6.07, 6.45) is 0. The van der Waals surface area contributed by atoms with Crippen LogP contribution in [-0.2, 0) is 11.3 Å². The van der Waals surface area contributed by atoms with Crippen LogP contribution in [0.4, 0.5) is 11.4 Å². The maximum Gasteiger partial charge on any atom is 0.293 e. The quantitative estimate of drug-likeness (QED) is 0.467. The molecule has 2 amide bonds. The van der Waals surface area contributed by atoms with E-state index in [0.29, 0.717) is 32.0 Å². The molecule has 0 saturated carbocycles. The van der Waals surface area contributed by atoms with Gasteiger partial charge in [-0.2, -0.15) is 0 Å². The molecule has 0 spiro atoms. The van der Waals surface area contributed by atoms with Crippen molar-refractivity contribution in [2.24, 2.45) is 0 Å². The minimum absolute atomic E-state index is 0.0830. The lowest BCUT2D eigenvalue weighted by Gasteiger charge is -2.28. The van der Waals surface area contributed by atoms with E-state index in [1.165, 1.54) is 12.1 Å². The number of nitro benzene ring substituents is 1. The number of hydrogen-bond donors (Lipinski definition) is 0. The van der Waals surface area contributed by atoms with E-state index in [9.17, 15) is 19.7 Å². The molecule has 4 rings (SSSR count). The van der Waals surface area contributed by atoms with E-state index in [-0.39, 0.29) is 23.4 Å². The van der Waals surface area contributed by atoms with Gasteiger partial charge in [0.2, 0.25) is 0 Å². The highest BCUT2D eigenvalue weighted by Crippen LogP contribution is 2.36. The summed E-state index contributed by atoms with van der Waals surface area (Å²) in [6, 6.07) is 11.9. The first-order valence-electron chi connectivity index (χ1n) is 8.61. The van der Waals surface area contributed by atoms with Gasteiger partial charge in [0, 0.05) is 19.2 Å². The van der Waals surface area contributed by atoms with E-state index in [0.717, 1.165) is 10.5 Å². The van der Waals surface area contributed by atoms with Crippen LogP contribution in [0.2, 0.25) is 0 Å². The summed E-state index contributed by atoms with van der Waals surface area (Å²) in [4.78, 5) is 39.5. The summed E-state index contributed by atoms with van der Waals surface area (Å²) in [5.41, 5.74) is 1.29. The van der Waals surface area contributed by atoms with E-state index < -0.39 is 16.7 Å². The van der Waals surface area contributed by atoms with Crippen molar-refractivity contribution in [3.8, 4) is 0 Å². The molecule has 0 unspecified atom stereocenters. The second-order valence-corrected chi connectivity index (χ2v) is 6.43. The van der Waals surface area contributed by atoms with Gasteiger partial charge in [-0.3, -0.25) is 24.6 Å². The minimum atomic E-state index is -0.511. The zero-order chi connectivity index (χ0) is 19.0. The number of fused-ring (bicyclic) bond motifs is 1.